The van der Waals surface area contributed by atoms with Gasteiger partial charge in [0, 0.05) is 11.4 Å². The van der Waals surface area contributed by atoms with Crippen LogP contribution in [0.15, 0.2) is 84.9 Å². The molecule has 0 fully saturated rings. The van der Waals surface area contributed by atoms with E-state index in [0.29, 0.717) is 0 Å². The Balaban J connectivity index is 1.64. The molecule has 0 saturated heterocycles. The highest BCUT2D eigenvalue weighted by Crippen LogP contribution is 2.54. The van der Waals surface area contributed by atoms with Gasteiger partial charge in [0.2, 0.25) is 0 Å². The van der Waals surface area contributed by atoms with E-state index in [4.69, 9.17) is 8.85 Å². The third kappa shape index (κ3) is 3.03. The van der Waals surface area contributed by atoms with E-state index in [1.54, 1.807) is 0 Å². The minimum Gasteiger partial charge on any atom is -0.478 e. The van der Waals surface area contributed by atoms with Crippen molar-refractivity contribution in [3.63, 3.8) is 0 Å². The second-order valence-corrected chi connectivity index (χ2v) is 11.5. The van der Waals surface area contributed by atoms with Gasteiger partial charge in [-0.15, -0.1) is 0 Å². The van der Waals surface area contributed by atoms with Crippen molar-refractivity contribution in [2.45, 2.75) is 27.7 Å². The van der Waals surface area contributed by atoms with Crippen LogP contribution in [0, 0.1) is 27.7 Å². The summed E-state index contributed by atoms with van der Waals surface area (Å²) in [6.45, 7) is 8.55. The number of nitrogens with zero attached hydrogens (tertiary/aromatic N) is 2. The lowest BCUT2D eigenvalue weighted by atomic mass is 10.1. The average molecular weight is 451 g/mol. The molecule has 164 valence electrons. The molecule has 2 aliphatic heterocycles. The normalized spacial score (nSPS) is 15.3. The second kappa shape index (κ2) is 7.15. The van der Waals surface area contributed by atoms with Crippen molar-refractivity contribution in [1.82, 2.24) is 0 Å². The molecule has 4 aromatic rings. The third-order valence-corrected chi connectivity index (χ3v) is 9.29. The molecule has 0 atom stereocenters. The summed E-state index contributed by atoms with van der Waals surface area (Å²) < 4.78 is 18.4. The highest BCUT2D eigenvalue weighted by Gasteiger charge is 2.68. The number of hydrogen-bond donors (Lipinski definition) is 0. The molecular weight excluding hydrogens is 424 g/mol. The quantitative estimate of drug-likeness (QED) is 0.304. The molecule has 1 spiro atoms. The van der Waals surface area contributed by atoms with Crippen LogP contribution < -0.4 is 18.0 Å². The lowest BCUT2D eigenvalue weighted by Gasteiger charge is -2.36. The van der Waals surface area contributed by atoms with E-state index < -0.39 is 8.88 Å². The van der Waals surface area contributed by atoms with E-state index in [1.165, 1.54) is 22.3 Å². The summed E-state index contributed by atoms with van der Waals surface area (Å²) >= 11 is 0. The second-order valence-electron chi connectivity index (χ2n) is 9.05. The van der Waals surface area contributed by atoms with E-state index in [1.807, 2.05) is 24.3 Å². The molecule has 0 bridgehead atoms. The average Bonchev–Trinajstić information content (AvgIpc) is 3.25. The first kappa shape index (κ1) is 19.9. The summed E-state index contributed by atoms with van der Waals surface area (Å²) in [5.41, 5.74) is 9.11. The van der Waals surface area contributed by atoms with Gasteiger partial charge in [-0.05, 0) is 98.5 Å². The highest BCUT2D eigenvalue weighted by atomic mass is 28.4. The van der Waals surface area contributed by atoms with Gasteiger partial charge in [0.05, 0.1) is 11.4 Å². The van der Waals surface area contributed by atoms with Gasteiger partial charge in [-0.3, -0.25) is 9.13 Å². The Hall–Kier alpha value is -3.70. The maximum atomic E-state index is 6.90. The van der Waals surface area contributed by atoms with Crippen molar-refractivity contribution in [3.8, 4) is 11.5 Å². The Bertz CT molecular complexity index is 1250. The van der Waals surface area contributed by atoms with Crippen molar-refractivity contribution in [2.24, 2.45) is 0 Å². The Morgan fingerprint density at radius 1 is 0.515 bits per heavy atom. The molecule has 33 heavy (non-hydrogen) atoms. The van der Waals surface area contributed by atoms with Gasteiger partial charge >= 0.3 is 8.88 Å². The monoisotopic (exact) mass is 450 g/mol. The molecule has 2 heterocycles. The van der Waals surface area contributed by atoms with E-state index >= 15 is 0 Å². The zero-order valence-corrected chi connectivity index (χ0v) is 20.3. The fourth-order valence-electron chi connectivity index (χ4n) is 5.11. The summed E-state index contributed by atoms with van der Waals surface area (Å²) in [5, 5.41) is 0. The Morgan fingerprint density at radius 3 is 1.27 bits per heavy atom. The van der Waals surface area contributed by atoms with Crippen LogP contribution in [0.5, 0.6) is 11.5 Å². The fraction of sp³-hybridized carbons (Fsp3) is 0.143. The van der Waals surface area contributed by atoms with Crippen LogP contribution in [0.4, 0.5) is 22.7 Å². The van der Waals surface area contributed by atoms with Crippen LogP contribution >= 0.6 is 0 Å². The van der Waals surface area contributed by atoms with E-state index in [2.05, 4.69) is 97.5 Å². The summed E-state index contributed by atoms with van der Waals surface area (Å²) in [4.78, 5) is 0. The zero-order valence-electron chi connectivity index (χ0n) is 19.3. The van der Waals surface area contributed by atoms with Crippen LogP contribution in [0.2, 0.25) is 0 Å². The van der Waals surface area contributed by atoms with Gasteiger partial charge < -0.3 is 8.85 Å². The summed E-state index contributed by atoms with van der Waals surface area (Å²) in [6, 6.07) is 29.8. The SMILES string of the molecule is Cc1cc(C)cc(N2c3ccccc3O[Si]23Oc2ccccc2N3c2cc(C)cc(C)c2)c1. The van der Waals surface area contributed by atoms with E-state index in [-0.39, 0.29) is 0 Å². The van der Waals surface area contributed by atoms with Crippen LogP contribution in [0.3, 0.4) is 0 Å². The maximum absolute atomic E-state index is 6.90. The van der Waals surface area contributed by atoms with Crippen LogP contribution in [-0.4, -0.2) is 8.88 Å². The predicted molar refractivity (Wildman–Crippen MR) is 136 cm³/mol. The van der Waals surface area contributed by atoms with E-state index in [9.17, 15) is 0 Å². The van der Waals surface area contributed by atoms with Crippen molar-refractivity contribution >= 4 is 31.6 Å². The van der Waals surface area contributed by atoms with Crippen molar-refractivity contribution in [1.29, 1.82) is 0 Å². The van der Waals surface area contributed by atoms with Crippen molar-refractivity contribution < 1.29 is 8.85 Å². The summed E-state index contributed by atoms with van der Waals surface area (Å²) in [6.07, 6.45) is 0. The minimum atomic E-state index is -3.24. The highest BCUT2D eigenvalue weighted by molar-refractivity contribution is 6.81. The van der Waals surface area contributed by atoms with Crippen molar-refractivity contribution in [3.05, 3.63) is 107 Å². The maximum Gasteiger partial charge on any atom is 0.733 e. The van der Waals surface area contributed by atoms with Crippen LogP contribution in [0.1, 0.15) is 22.3 Å². The Morgan fingerprint density at radius 2 is 0.879 bits per heavy atom. The summed E-state index contributed by atoms with van der Waals surface area (Å²) in [5.74, 6) is 1.70. The topological polar surface area (TPSA) is 24.9 Å². The lowest BCUT2D eigenvalue weighted by Crippen LogP contribution is -2.67. The summed E-state index contributed by atoms with van der Waals surface area (Å²) in [7, 11) is -3.24. The zero-order chi connectivity index (χ0) is 22.7. The largest absolute Gasteiger partial charge is 0.733 e. The van der Waals surface area contributed by atoms with Crippen LogP contribution in [-0.2, 0) is 0 Å². The number of fused-ring (bicyclic) bond motifs is 2. The van der Waals surface area contributed by atoms with Gasteiger partial charge in [0.1, 0.15) is 11.5 Å². The molecule has 5 heteroatoms. The fourth-order valence-corrected chi connectivity index (χ4v) is 8.53. The molecule has 0 N–H and O–H groups in total. The van der Waals surface area contributed by atoms with Gasteiger partial charge in [-0.25, -0.2) is 0 Å². The molecule has 6 rings (SSSR count). The van der Waals surface area contributed by atoms with Gasteiger partial charge in [0.15, 0.2) is 0 Å². The minimum absolute atomic E-state index is 0.852. The third-order valence-electron chi connectivity index (χ3n) is 6.19. The van der Waals surface area contributed by atoms with Gasteiger partial charge in [-0.2, -0.15) is 0 Å². The molecule has 2 aliphatic rings. The molecule has 0 unspecified atom stereocenters. The molecule has 0 aromatic heterocycles. The first-order valence-electron chi connectivity index (χ1n) is 11.3. The number of para-hydroxylation sites is 4. The molecule has 0 saturated carbocycles. The first-order chi connectivity index (χ1) is 15.9. The predicted octanol–water partition coefficient (Wildman–Crippen LogP) is 7.12. The lowest BCUT2D eigenvalue weighted by molar-refractivity contribution is 0.413. The molecule has 4 aromatic carbocycles. The first-order valence-corrected chi connectivity index (χ1v) is 13.0. The molecule has 0 aliphatic carbocycles. The van der Waals surface area contributed by atoms with Crippen molar-refractivity contribution in [2.75, 3.05) is 9.13 Å². The molecular formula is C28H26N2O2Si. The van der Waals surface area contributed by atoms with Gasteiger partial charge in [-0.1, -0.05) is 36.4 Å². The molecule has 0 radical (unpaired) electrons. The Kier molecular flexibility index (Phi) is 4.32. The number of hydrogen-bond acceptors (Lipinski definition) is 4. The number of anilines is 4. The number of benzene rings is 4. The Labute approximate surface area is 196 Å². The number of rotatable bonds is 2. The molecule has 0 amide bonds. The smallest absolute Gasteiger partial charge is 0.478 e. The van der Waals surface area contributed by atoms with Crippen LogP contribution in [0.25, 0.3) is 0 Å². The van der Waals surface area contributed by atoms with E-state index in [0.717, 1.165) is 34.2 Å². The standard InChI is InChI=1S/C28H26N2O2Si/c1-19-13-20(2)16-23(15-19)29-25-9-5-7-11-27(25)31-33(29)30(24-17-21(3)14-22(4)18-24)26-10-6-8-12-28(26)32-33/h5-18H,1-4H3. The number of aryl methyl sites for hydroxylation is 4. The van der Waals surface area contributed by atoms with Gasteiger partial charge in [0.25, 0.3) is 0 Å². The molecule has 4 nitrogen and oxygen atoms in total.